The third-order valence-corrected chi connectivity index (χ3v) is 4.69. The molecule has 2 amide bonds. The highest BCUT2D eigenvalue weighted by atomic mass is 16.6. The monoisotopic (exact) mass is 507 g/mol. The predicted molar refractivity (Wildman–Crippen MR) is 139 cm³/mol. The number of aryl methyl sites for hydroxylation is 1. The fourth-order valence-corrected chi connectivity index (χ4v) is 2.97. The smallest absolute Gasteiger partial charge is 0.419 e. The summed E-state index contributed by atoms with van der Waals surface area (Å²) in [6.45, 7) is 19.7. The second kappa shape index (κ2) is 12.9. The third-order valence-electron chi connectivity index (χ3n) is 4.69. The molecule has 1 heterocycles. The molecule has 9 heteroatoms. The summed E-state index contributed by atoms with van der Waals surface area (Å²) in [5.74, 6) is -0.463. The number of hydrogen-bond acceptors (Lipinski definition) is 7. The van der Waals surface area contributed by atoms with Gasteiger partial charge >= 0.3 is 18.2 Å². The molecule has 1 aromatic heterocycles. The van der Waals surface area contributed by atoms with Crippen LogP contribution in [0.2, 0.25) is 0 Å². The molecular weight excluding hydrogens is 462 g/mol. The lowest BCUT2D eigenvalue weighted by atomic mass is 9.92. The van der Waals surface area contributed by atoms with Gasteiger partial charge in [-0.2, -0.15) is 0 Å². The number of esters is 1. The van der Waals surface area contributed by atoms with E-state index in [1.54, 1.807) is 60.9 Å². The lowest BCUT2D eigenvalue weighted by Crippen LogP contribution is -2.44. The van der Waals surface area contributed by atoms with Gasteiger partial charge in [0.2, 0.25) is 0 Å². The molecular formula is C27H45N3O6. The number of allylic oxidation sites excluding steroid dienone is 1. The molecule has 0 aliphatic heterocycles. The Bertz CT molecular complexity index is 885. The van der Waals surface area contributed by atoms with E-state index in [-0.39, 0.29) is 18.6 Å². The Morgan fingerprint density at radius 3 is 2.00 bits per heavy atom. The summed E-state index contributed by atoms with van der Waals surface area (Å²) in [4.78, 5) is 43.3. The molecule has 0 atom stereocenters. The van der Waals surface area contributed by atoms with Crippen molar-refractivity contribution in [1.29, 1.82) is 0 Å². The molecule has 0 saturated heterocycles. The van der Waals surface area contributed by atoms with Gasteiger partial charge < -0.3 is 18.8 Å². The van der Waals surface area contributed by atoms with Crippen LogP contribution in [0.25, 0.3) is 5.57 Å². The molecule has 9 nitrogen and oxygen atoms in total. The summed E-state index contributed by atoms with van der Waals surface area (Å²) in [7, 11) is 0. The molecule has 0 aromatic carbocycles. The first-order valence-corrected chi connectivity index (χ1v) is 12.5. The Morgan fingerprint density at radius 1 is 0.972 bits per heavy atom. The van der Waals surface area contributed by atoms with Crippen molar-refractivity contribution in [2.75, 3.05) is 13.2 Å². The Balaban J connectivity index is 3.00. The van der Waals surface area contributed by atoms with Gasteiger partial charge in [0.25, 0.3) is 0 Å². The maximum Gasteiger partial charge on any atom is 0.419 e. The lowest BCUT2D eigenvalue weighted by molar-refractivity contribution is -0.136. The van der Waals surface area contributed by atoms with Crippen LogP contribution >= 0.6 is 0 Å². The van der Waals surface area contributed by atoms with Gasteiger partial charge in [0, 0.05) is 19.3 Å². The first-order valence-electron chi connectivity index (χ1n) is 12.5. The predicted octanol–water partition coefficient (Wildman–Crippen LogP) is 6.22. The van der Waals surface area contributed by atoms with Crippen LogP contribution in [-0.2, 0) is 25.5 Å². The van der Waals surface area contributed by atoms with E-state index in [2.05, 4.69) is 25.8 Å². The van der Waals surface area contributed by atoms with Crippen LogP contribution in [-0.4, -0.2) is 57.0 Å². The number of ether oxygens (including phenoxy) is 3. The van der Waals surface area contributed by atoms with Crippen molar-refractivity contribution in [3.8, 4) is 0 Å². The van der Waals surface area contributed by atoms with Crippen molar-refractivity contribution >= 4 is 23.7 Å². The number of hydrogen-bond donors (Lipinski definition) is 0. The molecule has 1 rings (SSSR count). The van der Waals surface area contributed by atoms with Crippen LogP contribution in [0.3, 0.4) is 0 Å². The van der Waals surface area contributed by atoms with E-state index in [1.165, 1.54) is 0 Å². The van der Waals surface area contributed by atoms with E-state index in [9.17, 15) is 14.4 Å². The largest absolute Gasteiger partial charge is 0.462 e. The molecule has 36 heavy (non-hydrogen) atoms. The fourth-order valence-electron chi connectivity index (χ4n) is 2.97. The van der Waals surface area contributed by atoms with Crippen LogP contribution in [0.1, 0.15) is 94.2 Å². The van der Waals surface area contributed by atoms with E-state index in [0.717, 1.165) is 17.9 Å². The van der Waals surface area contributed by atoms with Gasteiger partial charge in [-0.3, -0.25) is 0 Å². The highest BCUT2D eigenvalue weighted by Crippen LogP contribution is 2.21. The van der Waals surface area contributed by atoms with Gasteiger partial charge in [0.15, 0.2) is 0 Å². The zero-order valence-electron chi connectivity index (χ0n) is 23.8. The van der Waals surface area contributed by atoms with Crippen LogP contribution in [0, 0.1) is 5.41 Å². The number of rotatable bonds is 9. The normalized spacial score (nSPS) is 12.8. The van der Waals surface area contributed by atoms with Crippen LogP contribution in [0.15, 0.2) is 18.6 Å². The van der Waals surface area contributed by atoms with Crippen LogP contribution in [0.4, 0.5) is 9.59 Å². The quantitative estimate of drug-likeness (QED) is 0.169. The molecule has 0 unspecified atom stereocenters. The van der Waals surface area contributed by atoms with Crippen molar-refractivity contribution in [1.82, 2.24) is 14.5 Å². The minimum atomic E-state index is -0.774. The third kappa shape index (κ3) is 12.2. The SMILES string of the molecule is CCOC(=O)/C(=C/CCCN(C(=O)OC(C)(C)C)C(=O)OC(C)(C)C)c1cn(CCC(C)(C)C)cn1. The number of imidazole rings is 1. The van der Waals surface area contributed by atoms with E-state index < -0.39 is 29.4 Å². The first kappa shape index (κ1) is 31.2. The maximum absolute atomic E-state index is 12.7. The molecule has 0 radical (unpaired) electrons. The maximum atomic E-state index is 12.7. The summed E-state index contributed by atoms with van der Waals surface area (Å²) in [6.07, 6.45) is 5.50. The van der Waals surface area contributed by atoms with Crippen molar-refractivity contribution in [3.63, 3.8) is 0 Å². The number of nitrogens with zero attached hydrogens (tertiary/aromatic N) is 3. The molecule has 0 aliphatic carbocycles. The van der Waals surface area contributed by atoms with Gasteiger partial charge in [-0.25, -0.2) is 24.3 Å². The van der Waals surface area contributed by atoms with Crippen LogP contribution < -0.4 is 0 Å². The Labute approximate surface area is 216 Å². The number of imide groups is 1. The number of carbonyl (C=O) groups is 3. The number of aromatic nitrogens is 2. The minimum Gasteiger partial charge on any atom is -0.462 e. The van der Waals surface area contributed by atoms with Crippen molar-refractivity contribution in [3.05, 3.63) is 24.3 Å². The van der Waals surface area contributed by atoms with Crippen LogP contribution in [0.5, 0.6) is 0 Å². The summed E-state index contributed by atoms with van der Waals surface area (Å²) in [5, 5.41) is 0. The molecule has 0 fully saturated rings. The number of amides is 2. The molecule has 0 N–H and O–H groups in total. The summed E-state index contributed by atoms with van der Waals surface area (Å²) in [5.41, 5.74) is -0.468. The first-order chi connectivity index (χ1) is 16.4. The zero-order chi connectivity index (χ0) is 27.7. The second-order valence-electron chi connectivity index (χ2n) is 11.9. The second-order valence-corrected chi connectivity index (χ2v) is 11.9. The molecule has 204 valence electrons. The van der Waals surface area contributed by atoms with E-state index in [4.69, 9.17) is 14.2 Å². The van der Waals surface area contributed by atoms with E-state index in [1.807, 2.05) is 10.8 Å². The number of unbranched alkanes of at least 4 members (excludes halogenated alkanes) is 1. The molecule has 0 aliphatic rings. The zero-order valence-corrected chi connectivity index (χ0v) is 23.8. The Morgan fingerprint density at radius 2 is 1.53 bits per heavy atom. The molecule has 1 aromatic rings. The van der Waals surface area contributed by atoms with Gasteiger partial charge in [0.1, 0.15) is 11.2 Å². The summed E-state index contributed by atoms with van der Waals surface area (Å²) in [6, 6.07) is 0. The van der Waals surface area contributed by atoms with E-state index >= 15 is 0 Å². The Hall–Kier alpha value is -2.84. The van der Waals surface area contributed by atoms with Gasteiger partial charge in [-0.05, 0) is 73.1 Å². The van der Waals surface area contributed by atoms with Gasteiger partial charge in [0.05, 0.1) is 24.2 Å². The summed E-state index contributed by atoms with van der Waals surface area (Å²) < 4.78 is 18.0. The molecule has 0 saturated carbocycles. The van der Waals surface area contributed by atoms with Gasteiger partial charge in [-0.15, -0.1) is 0 Å². The van der Waals surface area contributed by atoms with Crippen molar-refractivity contribution in [2.45, 2.75) is 106 Å². The minimum absolute atomic E-state index is 0.0659. The van der Waals surface area contributed by atoms with E-state index in [0.29, 0.717) is 24.1 Å². The average Bonchev–Trinajstić information content (AvgIpc) is 3.14. The Kier molecular flexibility index (Phi) is 11.2. The molecule has 0 bridgehead atoms. The summed E-state index contributed by atoms with van der Waals surface area (Å²) >= 11 is 0. The van der Waals surface area contributed by atoms with Crippen molar-refractivity contribution < 1.29 is 28.6 Å². The van der Waals surface area contributed by atoms with Gasteiger partial charge in [-0.1, -0.05) is 26.8 Å². The number of carbonyl (C=O) groups excluding carboxylic acids is 3. The topological polar surface area (TPSA) is 100.0 Å². The molecule has 0 spiro atoms. The van der Waals surface area contributed by atoms with Crippen molar-refractivity contribution in [2.24, 2.45) is 5.41 Å². The standard InChI is InChI=1S/C27H45N3O6/c1-11-34-22(31)20(21-18-29(19-28-21)17-15-25(2,3)4)14-12-13-16-30(23(32)35-26(5,6)7)24(33)36-27(8,9)10/h14,18-19H,11-13,15-17H2,1-10H3/b20-14+. The highest BCUT2D eigenvalue weighted by molar-refractivity contribution is 6.15. The fraction of sp³-hybridized carbons (Fsp3) is 0.704. The lowest BCUT2D eigenvalue weighted by Gasteiger charge is -2.28. The average molecular weight is 508 g/mol. The highest BCUT2D eigenvalue weighted by Gasteiger charge is 2.30.